The van der Waals surface area contributed by atoms with Gasteiger partial charge in [-0.05, 0) is 24.3 Å². The van der Waals surface area contributed by atoms with Gasteiger partial charge in [-0.3, -0.25) is 0 Å². The van der Waals surface area contributed by atoms with Crippen molar-refractivity contribution in [1.82, 2.24) is 0 Å². The Hall–Kier alpha value is -1.06. The smallest absolute Gasteiger partial charge is 0.217 e. The van der Waals surface area contributed by atoms with E-state index in [9.17, 15) is 10.2 Å². The maximum atomic E-state index is 10.1. The topological polar surface area (TPSA) is 40.5 Å². The molecule has 0 aromatic heterocycles. The first kappa shape index (κ1) is 12.4. The fourth-order valence-corrected chi connectivity index (χ4v) is 1.96. The lowest BCUT2D eigenvalue weighted by atomic mass is 9.98. The van der Waals surface area contributed by atoms with Crippen LogP contribution in [0.5, 0.6) is 0 Å². The van der Waals surface area contributed by atoms with Crippen molar-refractivity contribution in [2.75, 3.05) is 0 Å². The van der Waals surface area contributed by atoms with Gasteiger partial charge in [-0.2, -0.15) is 0 Å². The number of halogens is 2. The van der Waals surface area contributed by atoms with E-state index in [4.69, 9.17) is 23.2 Å². The number of aliphatic hydroxyl groups is 2. The van der Waals surface area contributed by atoms with Gasteiger partial charge in [0.25, 0.3) is 0 Å². The van der Waals surface area contributed by atoms with Crippen molar-refractivity contribution in [2.45, 2.75) is 5.79 Å². The highest BCUT2D eigenvalue weighted by molar-refractivity contribution is 6.31. The van der Waals surface area contributed by atoms with Crippen LogP contribution < -0.4 is 0 Å². The Morgan fingerprint density at radius 1 is 0.765 bits per heavy atom. The van der Waals surface area contributed by atoms with Crippen LogP contribution in [0.15, 0.2) is 48.5 Å². The third-order valence-electron chi connectivity index (χ3n) is 2.45. The molecule has 0 heterocycles. The van der Waals surface area contributed by atoms with Crippen molar-refractivity contribution >= 4 is 23.2 Å². The van der Waals surface area contributed by atoms with E-state index in [0.717, 1.165) is 0 Å². The second kappa shape index (κ2) is 4.67. The Balaban J connectivity index is 2.49. The van der Waals surface area contributed by atoms with Gasteiger partial charge in [-0.15, -0.1) is 0 Å². The fraction of sp³-hybridized carbons (Fsp3) is 0.0769. The summed E-state index contributed by atoms with van der Waals surface area (Å²) in [6, 6.07) is 12.8. The maximum Gasteiger partial charge on any atom is 0.217 e. The molecule has 88 valence electrons. The van der Waals surface area contributed by atoms with Crippen LogP contribution >= 0.6 is 23.2 Å². The van der Waals surface area contributed by atoms with Crippen LogP contribution in [0.25, 0.3) is 0 Å². The van der Waals surface area contributed by atoms with Crippen LogP contribution in [0.2, 0.25) is 10.0 Å². The molecule has 2 aromatic rings. The summed E-state index contributed by atoms with van der Waals surface area (Å²) in [4.78, 5) is 0. The molecule has 0 saturated carbocycles. The van der Waals surface area contributed by atoms with Gasteiger partial charge in [0.1, 0.15) is 0 Å². The van der Waals surface area contributed by atoms with Crippen LogP contribution in [-0.4, -0.2) is 10.2 Å². The van der Waals surface area contributed by atoms with E-state index in [0.29, 0.717) is 21.2 Å². The molecule has 0 radical (unpaired) electrons. The summed E-state index contributed by atoms with van der Waals surface area (Å²) in [5.41, 5.74) is 0.597. The van der Waals surface area contributed by atoms with Gasteiger partial charge in [0.05, 0.1) is 0 Å². The van der Waals surface area contributed by atoms with Gasteiger partial charge in [0, 0.05) is 21.2 Å². The zero-order chi connectivity index (χ0) is 12.5. The van der Waals surface area contributed by atoms with E-state index in [1.165, 1.54) is 12.1 Å². The van der Waals surface area contributed by atoms with Crippen molar-refractivity contribution in [3.8, 4) is 0 Å². The molecule has 2 nitrogen and oxygen atoms in total. The summed E-state index contributed by atoms with van der Waals surface area (Å²) in [5, 5.41) is 21.2. The minimum atomic E-state index is -2.10. The van der Waals surface area contributed by atoms with Gasteiger partial charge in [0.2, 0.25) is 5.79 Å². The third-order valence-corrected chi connectivity index (χ3v) is 2.92. The van der Waals surface area contributed by atoms with Crippen molar-refractivity contribution < 1.29 is 10.2 Å². The number of rotatable bonds is 2. The number of hydrogen-bond donors (Lipinski definition) is 2. The Kier molecular flexibility index (Phi) is 3.40. The molecule has 0 spiro atoms. The highest BCUT2D eigenvalue weighted by Crippen LogP contribution is 2.29. The molecule has 0 saturated heterocycles. The zero-order valence-corrected chi connectivity index (χ0v) is 10.3. The number of benzene rings is 2. The molecular formula is C13H10Cl2O2. The van der Waals surface area contributed by atoms with Crippen LogP contribution in [0.3, 0.4) is 0 Å². The Labute approximate surface area is 109 Å². The summed E-state index contributed by atoms with van der Waals surface area (Å²) in [6.45, 7) is 0. The normalized spacial score (nSPS) is 11.5. The van der Waals surface area contributed by atoms with Crippen LogP contribution in [-0.2, 0) is 5.79 Å². The quantitative estimate of drug-likeness (QED) is 0.822. The van der Waals surface area contributed by atoms with Crippen LogP contribution in [0.1, 0.15) is 11.1 Å². The largest absolute Gasteiger partial charge is 0.358 e. The zero-order valence-electron chi connectivity index (χ0n) is 8.77. The summed E-state index contributed by atoms with van der Waals surface area (Å²) >= 11 is 11.6. The van der Waals surface area contributed by atoms with Crippen molar-refractivity contribution in [1.29, 1.82) is 0 Å². The molecule has 2 aromatic carbocycles. The maximum absolute atomic E-state index is 10.1. The van der Waals surface area contributed by atoms with E-state index in [1.807, 2.05) is 0 Å². The first-order chi connectivity index (χ1) is 8.00. The van der Waals surface area contributed by atoms with Gasteiger partial charge < -0.3 is 10.2 Å². The van der Waals surface area contributed by atoms with E-state index in [-0.39, 0.29) is 0 Å². The first-order valence-corrected chi connectivity index (χ1v) is 5.72. The predicted molar refractivity (Wildman–Crippen MR) is 68.1 cm³/mol. The molecule has 4 heteroatoms. The van der Waals surface area contributed by atoms with Gasteiger partial charge >= 0.3 is 0 Å². The van der Waals surface area contributed by atoms with Crippen molar-refractivity contribution in [3.63, 3.8) is 0 Å². The summed E-state index contributed by atoms with van der Waals surface area (Å²) in [7, 11) is 0. The summed E-state index contributed by atoms with van der Waals surface area (Å²) < 4.78 is 0. The average molecular weight is 269 g/mol. The fourth-order valence-electron chi connectivity index (χ4n) is 1.58. The molecule has 2 rings (SSSR count). The molecular weight excluding hydrogens is 259 g/mol. The van der Waals surface area contributed by atoms with Gasteiger partial charge in [-0.25, -0.2) is 0 Å². The van der Waals surface area contributed by atoms with E-state index < -0.39 is 5.79 Å². The highest BCUT2D eigenvalue weighted by Gasteiger charge is 2.28. The SMILES string of the molecule is OC(O)(c1cccc(Cl)c1)c1cccc(Cl)c1. The molecule has 0 unspecified atom stereocenters. The average Bonchev–Trinajstić information content (AvgIpc) is 2.29. The van der Waals surface area contributed by atoms with Crippen molar-refractivity contribution in [3.05, 3.63) is 69.7 Å². The Bertz CT molecular complexity index is 491. The Morgan fingerprint density at radius 2 is 1.18 bits per heavy atom. The summed E-state index contributed by atoms with van der Waals surface area (Å²) in [5.74, 6) is -2.10. The lowest BCUT2D eigenvalue weighted by Gasteiger charge is -2.23. The number of hydrogen-bond acceptors (Lipinski definition) is 2. The monoisotopic (exact) mass is 268 g/mol. The molecule has 2 N–H and O–H groups in total. The van der Waals surface area contributed by atoms with E-state index in [1.54, 1.807) is 36.4 Å². The van der Waals surface area contributed by atoms with Crippen molar-refractivity contribution in [2.24, 2.45) is 0 Å². The second-order valence-corrected chi connectivity index (χ2v) is 4.57. The minimum absolute atomic E-state index is 0.298. The van der Waals surface area contributed by atoms with E-state index in [2.05, 4.69) is 0 Å². The Morgan fingerprint density at radius 3 is 1.53 bits per heavy atom. The minimum Gasteiger partial charge on any atom is -0.358 e. The third kappa shape index (κ3) is 2.61. The molecule has 0 aliphatic rings. The molecule has 0 bridgehead atoms. The standard InChI is InChI=1S/C13H10Cl2O2/c14-11-5-1-3-9(7-11)13(16,17)10-4-2-6-12(15)8-10/h1-8,16-17H. The van der Waals surface area contributed by atoms with Crippen LogP contribution in [0, 0.1) is 0 Å². The predicted octanol–water partition coefficient (Wildman–Crippen LogP) is 3.18. The highest BCUT2D eigenvalue weighted by atomic mass is 35.5. The lowest BCUT2D eigenvalue weighted by Crippen LogP contribution is -2.26. The second-order valence-electron chi connectivity index (χ2n) is 3.69. The summed E-state index contributed by atoms with van der Waals surface area (Å²) in [6.07, 6.45) is 0. The van der Waals surface area contributed by atoms with E-state index >= 15 is 0 Å². The molecule has 0 atom stereocenters. The molecule has 0 fully saturated rings. The molecule has 17 heavy (non-hydrogen) atoms. The van der Waals surface area contributed by atoms with Gasteiger partial charge in [-0.1, -0.05) is 47.5 Å². The molecule has 0 amide bonds. The molecule has 0 aliphatic carbocycles. The van der Waals surface area contributed by atoms with Gasteiger partial charge in [0.15, 0.2) is 0 Å². The lowest BCUT2D eigenvalue weighted by molar-refractivity contribution is -0.132. The molecule has 0 aliphatic heterocycles. The van der Waals surface area contributed by atoms with Crippen LogP contribution in [0.4, 0.5) is 0 Å². The first-order valence-electron chi connectivity index (χ1n) is 4.97.